The Morgan fingerprint density at radius 3 is 2.04 bits per heavy atom. The summed E-state index contributed by atoms with van der Waals surface area (Å²) in [5, 5.41) is 5.71. The van der Waals surface area contributed by atoms with Crippen molar-refractivity contribution < 1.29 is 9.59 Å². The molecular weight excluding hydrogens is 300 g/mol. The molecule has 0 aliphatic heterocycles. The van der Waals surface area contributed by atoms with Crippen LogP contribution >= 0.6 is 0 Å². The third kappa shape index (κ3) is 5.88. The fraction of sp³-hybridized carbons (Fsp3) is 0.300. The molecule has 2 aromatic carbocycles. The second-order valence-electron chi connectivity index (χ2n) is 5.76. The van der Waals surface area contributed by atoms with E-state index in [2.05, 4.69) is 17.6 Å². The molecule has 0 spiro atoms. The quantitative estimate of drug-likeness (QED) is 0.682. The molecule has 2 amide bonds. The van der Waals surface area contributed by atoms with Gasteiger partial charge in [0.25, 0.3) is 5.91 Å². The van der Waals surface area contributed by atoms with Crippen molar-refractivity contribution in [1.29, 1.82) is 0 Å². The Morgan fingerprint density at radius 1 is 0.792 bits per heavy atom. The second-order valence-corrected chi connectivity index (χ2v) is 5.76. The highest BCUT2D eigenvalue weighted by atomic mass is 16.2. The highest BCUT2D eigenvalue weighted by Crippen LogP contribution is 2.15. The topological polar surface area (TPSA) is 58.2 Å². The molecule has 0 atom stereocenters. The summed E-state index contributed by atoms with van der Waals surface area (Å²) in [7, 11) is 0. The molecule has 0 aliphatic rings. The Kier molecular flexibility index (Phi) is 7.02. The molecule has 24 heavy (non-hydrogen) atoms. The van der Waals surface area contributed by atoms with Crippen LogP contribution in [-0.4, -0.2) is 11.8 Å². The highest BCUT2D eigenvalue weighted by Gasteiger charge is 2.06. The molecule has 2 N–H and O–H groups in total. The molecule has 126 valence electrons. The van der Waals surface area contributed by atoms with E-state index in [0.717, 1.165) is 24.9 Å². The number of unbranched alkanes of at least 4 members (excludes halogenated alkanes) is 3. The van der Waals surface area contributed by atoms with Crippen molar-refractivity contribution in [3.8, 4) is 0 Å². The smallest absolute Gasteiger partial charge is 0.255 e. The number of hydrogen-bond acceptors (Lipinski definition) is 2. The number of rotatable bonds is 8. The first-order valence-electron chi connectivity index (χ1n) is 8.45. The van der Waals surface area contributed by atoms with E-state index in [1.807, 2.05) is 18.2 Å². The van der Waals surface area contributed by atoms with E-state index in [1.54, 1.807) is 36.4 Å². The first kappa shape index (κ1) is 17.7. The van der Waals surface area contributed by atoms with E-state index in [-0.39, 0.29) is 11.8 Å². The SMILES string of the molecule is CCCCCCC(=O)Nc1ccc(NC(=O)c2ccccc2)cc1. The molecule has 2 aromatic rings. The van der Waals surface area contributed by atoms with Crippen LogP contribution in [-0.2, 0) is 4.79 Å². The van der Waals surface area contributed by atoms with Crippen LogP contribution in [0.1, 0.15) is 49.4 Å². The van der Waals surface area contributed by atoms with Crippen molar-refractivity contribution in [2.75, 3.05) is 10.6 Å². The maximum atomic E-state index is 12.1. The molecular formula is C20H24N2O2. The number of nitrogens with one attached hydrogen (secondary N) is 2. The fourth-order valence-electron chi connectivity index (χ4n) is 2.37. The van der Waals surface area contributed by atoms with Crippen LogP contribution in [0.3, 0.4) is 0 Å². The summed E-state index contributed by atoms with van der Waals surface area (Å²) in [4.78, 5) is 23.9. The Bertz CT molecular complexity index is 651. The van der Waals surface area contributed by atoms with Crippen molar-refractivity contribution in [2.24, 2.45) is 0 Å². The average Bonchev–Trinajstić information content (AvgIpc) is 2.61. The molecule has 0 saturated carbocycles. The van der Waals surface area contributed by atoms with Crippen LogP contribution < -0.4 is 10.6 Å². The molecule has 0 radical (unpaired) electrons. The summed E-state index contributed by atoms with van der Waals surface area (Å²) in [6.07, 6.45) is 4.90. The van der Waals surface area contributed by atoms with Crippen molar-refractivity contribution >= 4 is 23.2 Å². The van der Waals surface area contributed by atoms with Gasteiger partial charge in [0, 0.05) is 23.4 Å². The Labute approximate surface area is 143 Å². The van der Waals surface area contributed by atoms with Crippen molar-refractivity contribution in [2.45, 2.75) is 39.0 Å². The predicted octanol–water partition coefficient (Wildman–Crippen LogP) is 4.85. The third-order valence-corrected chi connectivity index (χ3v) is 3.72. The molecule has 0 bridgehead atoms. The minimum absolute atomic E-state index is 0.0344. The summed E-state index contributed by atoms with van der Waals surface area (Å²) >= 11 is 0. The van der Waals surface area contributed by atoms with E-state index >= 15 is 0 Å². The maximum absolute atomic E-state index is 12.1. The zero-order valence-electron chi connectivity index (χ0n) is 14.0. The van der Waals surface area contributed by atoms with E-state index in [9.17, 15) is 9.59 Å². The molecule has 2 rings (SSSR count). The average molecular weight is 324 g/mol. The van der Waals surface area contributed by atoms with Gasteiger partial charge in [0.05, 0.1) is 0 Å². The molecule has 0 unspecified atom stereocenters. The van der Waals surface area contributed by atoms with Gasteiger partial charge in [-0.05, 0) is 42.8 Å². The Balaban J connectivity index is 1.82. The maximum Gasteiger partial charge on any atom is 0.255 e. The van der Waals surface area contributed by atoms with Gasteiger partial charge in [0.15, 0.2) is 0 Å². The van der Waals surface area contributed by atoms with Gasteiger partial charge >= 0.3 is 0 Å². The number of anilines is 2. The van der Waals surface area contributed by atoms with E-state index in [4.69, 9.17) is 0 Å². The summed E-state index contributed by atoms with van der Waals surface area (Å²) < 4.78 is 0. The summed E-state index contributed by atoms with van der Waals surface area (Å²) in [6.45, 7) is 2.15. The van der Waals surface area contributed by atoms with Gasteiger partial charge < -0.3 is 10.6 Å². The van der Waals surface area contributed by atoms with Crippen LogP contribution in [0.2, 0.25) is 0 Å². The number of carbonyl (C=O) groups is 2. The van der Waals surface area contributed by atoms with Crippen molar-refractivity contribution in [3.05, 3.63) is 60.2 Å². The van der Waals surface area contributed by atoms with Crippen LogP contribution in [0.4, 0.5) is 11.4 Å². The normalized spacial score (nSPS) is 10.2. The first-order chi connectivity index (χ1) is 11.7. The summed E-state index contributed by atoms with van der Waals surface area (Å²) in [6, 6.07) is 16.2. The molecule has 0 fully saturated rings. The fourth-order valence-corrected chi connectivity index (χ4v) is 2.37. The standard InChI is InChI=1S/C20H24N2O2/c1-2-3-4-8-11-19(23)21-17-12-14-18(15-13-17)22-20(24)16-9-6-5-7-10-16/h5-7,9-10,12-15H,2-4,8,11H2,1H3,(H,21,23)(H,22,24). The predicted molar refractivity (Wildman–Crippen MR) is 98.2 cm³/mol. The zero-order chi connectivity index (χ0) is 17.2. The van der Waals surface area contributed by atoms with Gasteiger partial charge in [-0.15, -0.1) is 0 Å². The van der Waals surface area contributed by atoms with E-state index < -0.39 is 0 Å². The van der Waals surface area contributed by atoms with Gasteiger partial charge in [0.2, 0.25) is 5.91 Å². The van der Waals surface area contributed by atoms with Gasteiger partial charge in [0.1, 0.15) is 0 Å². The summed E-state index contributed by atoms with van der Waals surface area (Å²) in [5.74, 6) is -0.115. The van der Waals surface area contributed by atoms with Crippen molar-refractivity contribution in [3.63, 3.8) is 0 Å². The molecule has 4 heteroatoms. The molecule has 0 heterocycles. The minimum atomic E-state index is -0.150. The highest BCUT2D eigenvalue weighted by molar-refractivity contribution is 6.04. The molecule has 0 aromatic heterocycles. The number of amides is 2. The van der Waals surface area contributed by atoms with Gasteiger partial charge in [-0.2, -0.15) is 0 Å². The first-order valence-corrected chi connectivity index (χ1v) is 8.45. The number of benzene rings is 2. The summed E-state index contributed by atoms with van der Waals surface area (Å²) in [5.41, 5.74) is 2.06. The second kappa shape index (κ2) is 9.50. The van der Waals surface area contributed by atoms with Crippen molar-refractivity contribution in [1.82, 2.24) is 0 Å². The number of hydrogen-bond donors (Lipinski definition) is 2. The van der Waals surface area contributed by atoms with Crippen LogP contribution in [0.5, 0.6) is 0 Å². The largest absolute Gasteiger partial charge is 0.326 e. The Morgan fingerprint density at radius 2 is 1.42 bits per heavy atom. The van der Waals surface area contributed by atoms with Crippen LogP contribution in [0, 0.1) is 0 Å². The Hall–Kier alpha value is -2.62. The van der Waals surface area contributed by atoms with E-state index in [0.29, 0.717) is 17.7 Å². The van der Waals surface area contributed by atoms with Gasteiger partial charge in [-0.3, -0.25) is 9.59 Å². The van der Waals surface area contributed by atoms with Gasteiger partial charge in [-0.1, -0.05) is 44.4 Å². The molecule has 0 saturated heterocycles. The van der Waals surface area contributed by atoms with Crippen LogP contribution in [0.25, 0.3) is 0 Å². The lowest BCUT2D eigenvalue weighted by molar-refractivity contribution is -0.116. The molecule has 0 aliphatic carbocycles. The van der Waals surface area contributed by atoms with E-state index in [1.165, 1.54) is 6.42 Å². The monoisotopic (exact) mass is 324 g/mol. The lowest BCUT2D eigenvalue weighted by Crippen LogP contribution is -2.12. The molecule has 4 nitrogen and oxygen atoms in total. The zero-order valence-corrected chi connectivity index (χ0v) is 14.0. The minimum Gasteiger partial charge on any atom is -0.326 e. The number of carbonyl (C=O) groups excluding carboxylic acids is 2. The van der Waals surface area contributed by atoms with Crippen LogP contribution in [0.15, 0.2) is 54.6 Å². The van der Waals surface area contributed by atoms with Gasteiger partial charge in [-0.25, -0.2) is 0 Å². The third-order valence-electron chi connectivity index (χ3n) is 3.72. The lowest BCUT2D eigenvalue weighted by atomic mass is 10.1. The lowest BCUT2D eigenvalue weighted by Gasteiger charge is -2.08.